The van der Waals surface area contributed by atoms with Crippen molar-refractivity contribution in [2.45, 2.75) is 24.3 Å². The zero-order valence-electron chi connectivity index (χ0n) is 8.59. The molecule has 1 aromatic carbocycles. The summed E-state index contributed by atoms with van der Waals surface area (Å²) in [5.74, 6) is -0.301. The van der Waals surface area contributed by atoms with E-state index in [1.807, 2.05) is 6.07 Å². The molecule has 1 saturated carbocycles. The van der Waals surface area contributed by atoms with Crippen LogP contribution >= 0.6 is 15.9 Å². The first-order valence-electron chi connectivity index (χ1n) is 5.34. The van der Waals surface area contributed by atoms with Gasteiger partial charge in [0.25, 0.3) is 0 Å². The van der Waals surface area contributed by atoms with Crippen LogP contribution in [-0.2, 0) is 10.2 Å². The third-order valence-electron chi connectivity index (χ3n) is 3.65. The van der Waals surface area contributed by atoms with Crippen molar-refractivity contribution in [2.75, 3.05) is 6.54 Å². The van der Waals surface area contributed by atoms with E-state index >= 15 is 0 Å². The molecule has 16 heavy (non-hydrogen) atoms. The minimum absolute atomic E-state index is 0.158. The van der Waals surface area contributed by atoms with E-state index < -0.39 is 0 Å². The Kier molecular flexibility index (Phi) is 2.20. The van der Waals surface area contributed by atoms with Gasteiger partial charge < -0.3 is 10.1 Å². The van der Waals surface area contributed by atoms with Crippen molar-refractivity contribution in [2.24, 2.45) is 0 Å². The third kappa shape index (κ3) is 1.36. The summed E-state index contributed by atoms with van der Waals surface area (Å²) in [5, 5.41) is 3.17. The number of rotatable bonds is 1. The van der Waals surface area contributed by atoms with Gasteiger partial charge in [0.15, 0.2) is 0 Å². The minimum Gasteiger partial charge on any atom is -0.303 e. The van der Waals surface area contributed by atoms with Gasteiger partial charge in [-0.25, -0.2) is 4.39 Å². The van der Waals surface area contributed by atoms with Crippen LogP contribution < -0.4 is 5.32 Å². The molecule has 2 nitrogen and oxygen atoms in total. The molecule has 0 radical (unpaired) electrons. The number of carbonyl (C=O) groups is 1. The second kappa shape index (κ2) is 3.37. The maximum atomic E-state index is 13.5. The lowest BCUT2D eigenvalue weighted by Crippen LogP contribution is -2.38. The molecule has 1 spiro atoms. The third-order valence-corrected chi connectivity index (χ3v) is 4.26. The maximum absolute atomic E-state index is 13.5. The second-order valence-corrected chi connectivity index (χ2v) is 5.48. The minimum atomic E-state index is -0.358. The summed E-state index contributed by atoms with van der Waals surface area (Å²) in [6, 6.07) is 2.96. The van der Waals surface area contributed by atoms with Gasteiger partial charge in [-0.2, -0.15) is 0 Å². The zero-order valence-corrected chi connectivity index (χ0v) is 10.2. The Bertz CT molecular complexity index is 470. The Morgan fingerprint density at radius 3 is 2.88 bits per heavy atom. The van der Waals surface area contributed by atoms with E-state index in [1.54, 1.807) is 0 Å². The van der Waals surface area contributed by atoms with Crippen LogP contribution in [0.2, 0.25) is 0 Å². The van der Waals surface area contributed by atoms with Crippen molar-refractivity contribution in [3.05, 3.63) is 33.5 Å². The fraction of sp³-hybridized carbons (Fsp3) is 0.417. The predicted octanol–water partition coefficient (Wildman–Crippen LogP) is 2.46. The summed E-state index contributed by atoms with van der Waals surface area (Å²) in [5.41, 5.74) is 2.10. The molecule has 1 aliphatic heterocycles. The van der Waals surface area contributed by atoms with Gasteiger partial charge in [0, 0.05) is 12.0 Å². The molecule has 0 saturated heterocycles. The molecule has 0 aromatic heterocycles. The molecule has 1 unspecified atom stereocenters. The first-order chi connectivity index (χ1) is 7.66. The summed E-state index contributed by atoms with van der Waals surface area (Å²) >= 11 is 3.21. The van der Waals surface area contributed by atoms with Gasteiger partial charge in [0.05, 0.1) is 10.5 Å². The van der Waals surface area contributed by atoms with Crippen LogP contribution in [0.1, 0.15) is 30.0 Å². The van der Waals surface area contributed by atoms with E-state index in [4.69, 9.17) is 0 Å². The second-order valence-electron chi connectivity index (χ2n) is 4.63. The Labute approximate surface area is 101 Å². The Morgan fingerprint density at radius 1 is 1.50 bits per heavy atom. The molecule has 3 rings (SSSR count). The van der Waals surface area contributed by atoms with Crippen molar-refractivity contribution in [1.29, 1.82) is 0 Å². The quantitative estimate of drug-likeness (QED) is 0.803. The highest BCUT2D eigenvalue weighted by Gasteiger charge is 2.49. The van der Waals surface area contributed by atoms with Gasteiger partial charge in [-0.05, 0) is 52.0 Å². The highest BCUT2D eigenvalue weighted by molar-refractivity contribution is 9.10. The van der Waals surface area contributed by atoms with Crippen molar-refractivity contribution in [1.82, 2.24) is 5.32 Å². The lowest BCUT2D eigenvalue weighted by Gasteiger charge is -2.30. The van der Waals surface area contributed by atoms with Crippen molar-refractivity contribution in [3.63, 3.8) is 0 Å². The van der Waals surface area contributed by atoms with Crippen molar-refractivity contribution >= 4 is 22.2 Å². The topological polar surface area (TPSA) is 29.1 Å². The first kappa shape index (κ1) is 10.4. The summed E-state index contributed by atoms with van der Waals surface area (Å²) in [6.07, 6.45) is 3.09. The zero-order chi connectivity index (χ0) is 11.3. The average Bonchev–Trinajstić information content (AvgIpc) is 3.03. The summed E-state index contributed by atoms with van der Waals surface area (Å²) in [6.45, 7) is 0.821. The molecule has 1 fully saturated rings. The Balaban J connectivity index is 2.19. The number of hydrogen-bond donors (Lipinski definition) is 1. The molecule has 1 aliphatic carbocycles. The van der Waals surface area contributed by atoms with Crippen LogP contribution in [0.5, 0.6) is 0 Å². The maximum Gasteiger partial charge on any atom is 0.141 e. The standard InChI is InChI=1S/C12H11BrFNO/c13-9-4-8-7(3-10(9)14)11(5-16)15-6-12(8)1-2-12/h3-5,11,15H,1-2,6H2. The number of halogens is 2. The van der Waals surface area contributed by atoms with Gasteiger partial charge in [-0.1, -0.05) is 0 Å². The van der Waals surface area contributed by atoms with E-state index in [0.717, 1.165) is 36.8 Å². The molecule has 1 N–H and O–H groups in total. The monoisotopic (exact) mass is 283 g/mol. The molecule has 4 heteroatoms. The highest BCUT2D eigenvalue weighted by Crippen LogP contribution is 2.52. The lowest BCUT2D eigenvalue weighted by atomic mass is 9.84. The average molecular weight is 284 g/mol. The molecular weight excluding hydrogens is 273 g/mol. The molecule has 2 aliphatic rings. The first-order valence-corrected chi connectivity index (χ1v) is 6.14. The van der Waals surface area contributed by atoms with E-state index in [1.165, 1.54) is 6.07 Å². The number of benzene rings is 1. The summed E-state index contributed by atoms with van der Waals surface area (Å²) in [4.78, 5) is 11.0. The number of aldehydes is 1. The molecule has 0 amide bonds. The fourth-order valence-electron chi connectivity index (χ4n) is 2.51. The molecular formula is C12H11BrFNO. The van der Waals surface area contributed by atoms with Crippen LogP contribution in [0.4, 0.5) is 4.39 Å². The SMILES string of the molecule is O=CC1NCC2(CC2)c2cc(Br)c(F)cc21. The largest absolute Gasteiger partial charge is 0.303 e. The van der Waals surface area contributed by atoms with E-state index in [-0.39, 0.29) is 17.3 Å². The molecule has 0 bridgehead atoms. The van der Waals surface area contributed by atoms with Crippen LogP contribution in [-0.4, -0.2) is 12.8 Å². The van der Waals surface area contributed by atoms with Gasteiger partial charge in [-0.3, -0.25) is 0 Å². The van der Waals surface area contributed by atoms with Crippen LogP contribution in [0.3, 0.4) is 0 Å². The molecule has 1 heterocycles. The fourth-order valence-corrected chi connectivity index (χ4v) is 2.85. The van der Waals surface area contributed by atoms with Crippen LogP contribution in [0.15, 0.2) is 16.6 Å². The van der Waals surface area contributed by atoms with E-state index in [0.29, 0.717) is 4.47 Å². The Hall–Kier alpha value is -0.740. The van der Waals surface area contributed by atoms with E-state index in [2.05, 4.69) is 21.2 Å². The summed E-state index contributed by atoms with van der Waals surface area (Å²) in [7, 11) is 0. The van der Waals surface area contributed by atoms with Gasteiger partial charge in [0.2, 0.25) is 0 Å². The smallest absolute Gasteiger partial charge is 0.141 e. The number of fused-ring (bicyclic) bond motifs is 2. The number of nitrogens with one attached hydrogen (secondary N) is 1. The normalized spacial score (nSPS) is 25.2. The lowest BCUT2D eigenvalue weighted by molar-refractivity contribution is -0.109. The van der Waals surface area contributed by atoms with Gasteiger partial charge in [-0.15, -0.1) is 0 Å². The molecule has 1 aromatic rings. The van der Waals surface area contributed by atoms with Crippen LogP contribution in [0.25, 0.3) is 0 Å². The Morgan fingerprint density at radius 2 is 2.25 bits per heavy atom. The van der Waals surface area contributed by atoms with Gasteiger partial charge in [0.1, 0.15) is 12.1 Å². The van der Waals surface area contributed by atoms with Gasteiger partial charge >= 0.3 is 0 Å². The van der Waals surface area contributed by atoms with Crippen LogP contribution in [0, 0.1) is 5.82 Å². The summed E-state index contributed by atoms with van der Waals surface area (Å²) < 4.78 is 14.0. The number of carbonyl (C=O) groups excluding carboxylic acids is 1. The predicted molar refractivity (Wildman–Crippen MR) is 61.8 cm³/mol. The number of hydrogen-bond acceptors (Lipinski definition) is 2. The van der Waals surface area contributed by atoms with Crippen molar-refractivity contribution in [3.8, 4) is 0 Å². The molecule has 84 valence electrons. The molecule has 1 atom stereocenters. The highest BCUT2D eigenvalue weighted by atomic mass is 79.9. The van der Waals surface area contributed by atoms with Crippen molar-refractivity contribution < 1.29 is 9.18 Å². The van der Waals surface area contributed by atoms with E-state index in [9.17, 15) is 9.18 Å².